The smallest absolute Gasteiger partial charge is 0.330 e. The molecule has 2 aromatic carbocycles. The first-order valence-electron chi connectivity index (χ1n) is 11.0. The molecule has 0 N–H and O–H groups in total. The standard InChI is InChI=1S/C26H22FNO5/c27-19-10-8-16(9-11-19)21(29)14-33-26(32)20(12-15-4-2-1-3-5-15)28-24(30)22-17-6-7-18(13-17)23(22)25(28)31/h1-11,17-18,20,22-23H,12-14H2/t17-,18-,20-,22-,23-/m0/s1. The van der Waals surface area contributed by atoms with Crippen LogP contribution in [0.15, 0.2) is 66.7 Å². The fraction of sp³-hybridized carbons (Fsp3) is 0.308. The Morgan fingerprint density at radius 1 is 0.939 bits per heavy atom. The summed E-state index contributed by atoms with van der Waals surface area (Å²) < 4.78 is 18.4. The maximum atomic E-state index is 13.3. The van der Waals surface area contributed by atoms with Gasteiger partial charge in [-0.05, 0) is 48.1 Å². The summed E-state index contributed by atoms with van der Waals surface area (Å²) in [6.07, 6.45) is 4.88. The van der Waals surface area contributed by atoms with E-state index in [9.17, 15) is 23.6 Å². The van der Waals surface area contributed by atoms with Crippen LogP contribution >= 0.6 is 0 Å². The first kappa shape index (κ1) is 21.2. The molecule has 2 aliphatic carbocycles. The summed E-state index contributed by atoms with van der Waals surface area (Å²) in [6.45, 7) is -0.564. The van der Waals surface area contributed by atoms with Crippen molar-refractivity contribution in [2.75, 3.05) is 6.61 Å². The van der Waals surface area contributed by atoms with Crippen LogP contribution in [0.4, 0.5) is 4.39 Å². The number of nitrogens with zero attached hydrogens (tertiary/aromatic N) is 1. The molecule has 1 saturated carbocycles. The maximum Gasteiger partial charge on any atom is 0.330 e. The average molecular weight is 447 g/mol. The Kier molecular flexibility index (Phi) is 5.40. The Morgan fingerprint density at radius 3 is 2.15 bits per heavy atom. The van der Waals surface area contributed by atoms with Crippen LogP contribution in [0.1, 0.15) is 22.3 Å². The van der Waals surface area contributed by atoms with E-state index < -0.39 is 42.1 Å². The minimum Gasteiger partial charge on any atom is -0.456 e. The number of likely N-dealkylation sites (tertiary alicyclic amines) is 1. The van der Waals surface area contributed by atoms with E-state index in [1.54, 1.807) is 12.1 Å². The van der Waals surface area contributed by atoms with Crippen molar-refractivity contribution in [1.29, 1.82) is 0 Å². The summed E-state index contributed by atoms with van der Waals surface area (Å²) in [7, 11) is 0. The summed E-state index contributed by atoms with van der Waals surface area (Å²) in [5.74, 6) is -3.29. The lowest BCUT2D eigenvalue weighted by Gasteiger charge is -2.26. The zero-order valence-electron chi connectivity index (χ0n) is 17.7. The summed E-state index contributed by atoms with van der Waals surface area (Å²) in [5.41, 5.74) is 0.970. The van der Waals surface area contributed by atoms with Crippen molar-refractivity contribution >= 4 is 23.6 Å². The molecule has 2 aromatic rings. The van der Waals surface area contributed by atoms with Crippen LogP contribution in [0.5, 0.6) is 0 Å². The van der Waals surface area contributed by atoms with E-state index in [2.05, 4.69) is 0 Å². The van der Waals surface area contributed by atoms with E-state index >= 15 is 0 Å². The number of carbonyl (C=O) groups excluding carboxylic acids is 4. The third-order valence-corrected chi connectivity index (χ3v) is 6.87. The van der Waals surface area contributed by atoms with Crippen molar-refractivity contribution in [1.82, 2.24) is 4.90 Å². The molecule has 2 bridgehead atoms. The second-order valence-corrected chi connectivity index (χ2v) is 8.79. The minimum absolute atomic E-state index is 0.0231. The molecule has 0 unspecified atom stereocenters. The van der Waals surface area contributed by atoms with Gasteiger partial charge in [0.25, 0.3) is 0 Å². The van der Waals surface area contributed by atoms with E-state index in [4.69, 9.17) is 4.74 Å². The predicted octanol–water partition coefficient (Wildman–Crippen LogP) is 2.97. The molecule has 7 heteroatoms. The quantitative estimate of drug-likeness (QED) is 0.282. The van der Waals surface area contributed by atoms with Gasteiger partial charge in [0.15, 0.2) is 12.4 Å². The molecule has 6 nitrogen and oxygen atoms in total. The van der Waals surface area contributed by atoms with Crippen LogP contribution in [0.3, 0.4) is 0 Å². The Balaban J connectivity index is 1.36. The number of ether oxygens (including phenoxy) is 1. The lowest BCUT2D eigenvalue weighted by molar-refractivity contribution is -0.158. The largest absolute Gasteiger partial charge is 0.456 e. The molecule has 3 aliphatic rings. The van der Waals surface area contributed by atoms with Crippen LogP contribution in [-0.2, 0) is 25.5 Å². The number of fused-ring (bicyclic) bond motifs is 5. The SMILES string of the molecule is O=C(COC(=O)[C@H](Cc1ccccc1)N1C(=O)[C@@H]2[C@@H](C1=O)[C@H]1C=C[C@H]2C1)c1ccc(F)cc1. The summed E-state index contributed by atoms with van der Waals surface area (Å²) in [4.78, 5) is 53.1. The van der Waals surface area contributed by atoms with Crippen molar-refractivity contribution in [3.8, 4) is 0 Å². The van der Waals surface area contributed by atoms with Crippen molar-refractivity contribution in [3.63, 3.8) is 0 Å². The average Bonchev–Trinajstić information content (AvgIpc) is 3.51. The lowest BCUT2D eigenvalue weighted by atomic mass is 9.85. The van der Waals surface area contributed by atoms with Crippen LogP contribution in [0, 0.1) is 29.5 Å². The molecule has 0 spiro atoms. The molecule has 1 saturated heterocycles. The molecule has 2 fully saturated rings. The molecule has 0 radical (unpaired) electrons. The van der Waals surface area contributed by atoms with Gasteiger partial charge in [0.05, 0.1) is 11.8 Å². The molecule has 33 heavy (non-hydrogen) atoms. The number of halogens is 1. The van der Waals surface area contributed by atoms with Crippen molar-refractivity contribution < 1.29 is 28.3 Å². The molecule has 1 aliphatic heterocycles. The van der Waals surface area contributed by atoms with Gasteiger partial charge in [0, 0.05) is 12.0 Å². The van der Waals surface area contributed by atoms with Gasteiger partial charge >= 0.3 is 5.97 Å². The molecule has 5 rings (SSSR count). The number of Topliss-reactive ketones (excluding diaryl/α,β-unsaturated/α-hetero) is 1. The van der Waals surface area contributed by atoms with E-state index in [0.717, 1.165) is 29.0 Å². The zero-order valence-corrected chi connectivity index (χ0v) is 17.7. The number of imide groups is 1. The number of benzene rings is 2. The molecular formula is C26H22FNO5. The topological polar surface area (TPSA) is 80.8 Å². The number of hydrogen-bond acceptors (Lipinski definition) is 5. The second kappa shape index (κ2) is 8.39. The Hall–Kier alpha value is -3.61. The van der Waals surface area contributed by atoms with E-state index in [1.807, 2.05) is 30.4 Å². The Labute approximate surface area is 190 Å². The van der Waals surface area contributed by atoms with Gasteiger partial charge in [-0.25, -0.2) is 9.18 Å². The highest BCUT2D eigenvalue weighted by molar-refractivity contribution is 6.09. The lowest BCUT2D eigenvalue weighted by Crippen LogP contribution is -2.48. The number of hydrogen-bond donors (Lipinski definition) is 0. The summed E-state index contributed by atoms with van der Waals surface area (Å²) in [5, 5.41) is 0. The normalized spacial score (nSPS) is 25.9. The number of esters is 1. The summed E-state index contributed by atoms with van der Waals surface area (Å²) in [6, 6.07) is 12.8. The van der Waals surface area contributed by atoms with Gasteiger partial charge < -0.3 is 4.74 Å². The van der Waals surface area contributed by atoms with Gasteiger partial charge in [0.2, 0.25) is 11.8 Å². The molecule has 1 heterocycles. The fourth-order valence-electron chi connectivity index (χ4n) is 5.30. The molecule has 2 amide bonds. The first-order valence-corrected chi connectivity index (χ1v) is 11.0. The van der Waals surface area contributed by atoms with Gasteiger partial charge in [-0.1, -0.05) is 42.5 Å². The molecule has 0 aromatic heterocycles. The van der Waals surface area contributed by atoms with Gasteiger partial charge in [-0.15, -0.1) is 0 Å². The van der Waals surface area contributed by atoms with Gasteiger partial charge in [-0.3, -0.25) is 19.3 Å². The first-order chi connectivity index (χ1) is 15.9. The number of amides is 2. The van der Waals surface area contributed by atoms with E-state index in [0.29, 0.717) is 0 Å². The highest BCUT2D eigenvalue weighted by atomic mass is 19.1. The van der Waals surface area contributed by atoms with Crippen LogP contribution in [-0.4, -0.2) is 41.1 Å². The second-order valence-electron chi connectivity index (χ2n) is 8.79. The number of ketones is 1. The number of carbonyl (C=O) groups is 4. The molecule has 168 valence electrons. The minimum atomic E-state index is -1.15. The monoisotopic (exact) mass is 447 g/mol. The van der Waals surface area contributed by atoms with Crippen molar-refractivity contribution in [3.05, 3.63) is 83.7 Å². The van der Waals surface area contributed by atoms with Crippen molar-refractivity contribution in [2.24, 2.45) is 23.7 Å². The van der Waals surface area contributed by atoms with Crippen LogP contribution in [0.2, 0.25) is 0 Å². The number of allylic oxidation sites excluding steroid dienone is 2. The van der Waals surface area contributed by atoms with E-state index in [-0.39, 0.29) is 35.6 Å². The molecule has 5 atom stereocenters. The molecular weight excluding hydrogens is 425 g/mol. The van der Waals surface area contributed by atoms with Crippen molar-refractivity contribution in [2.45, 2.75) is 18.9 Å². The zero-order chi connectivity index (χ0) is 23.1. The highest BCUT2D eigenvalue weighted by Gasteiger charge is 2.61. The van der Waals surface area contributed by atoms with Gasteiger partial charge in [-0.2, -0.15) is 0 Å². The predicted molar refractivity (Wildman–Crippen MR) is 115 cm³/mol. The summed E-state index contributed by atoms with van der Waals surface area (Å²) >= 11 is 0. The highest BCUT2D eigenvalue weighted by Crippen LogP contribution is 2.53. The Morgan fingerprint density at radius 2 is 1.55 bits per heavy atom. The van der Waals surface area contributed by atoms with Gasteiger partial charge in [0.1, 0.15) is 11.9 Å². The van der Waals surface area contributed by atoms with E-state index in [1.165, 1.54) is 12.1 Å². The third-order valence-electron chi connectivity index (χ3n) is 6.87. The van der Waals surface area contributed by atoms with Crippen LogP contribution < -0.4 is 0 Å². The fourth-order valence-corrected chi connectivity index (χ4v) is 5.30. The third kappa shape index (κ3) is 3.77. The Bertz CT molecular complexity index is 1110. The number of rotatable bonds is 7. The maximum absolute atomic E-state index is 13.3. The van der Waals surface area contributed by atoms with Crippen LogP contribution in [0.25, 0.3) is 0 Å².